The molecule has 0 unspecified atom stereocenters. The van der Waals surface area contributed by atoms with Crippen LogP contribution in [-0.2, 0) is 0 Å². The van der Waals surface area contributed by atoms with Gasteiger partial charge < -0.3 is 5.01 Å². The summed E-state index contributed by atoms with van der Waals surface area (Å²) in [7, 11) is 3.74. The van der Waals surface area contributed by atoms with Gasteiger partial charge in [0.25, 0.3) is 0 Å². The topological polar surface area (TPSA) is 15.6 Å². The van der Waals surface area contributed by atoms with Crippen LogP contribution in [0.3, 0.4) is 0 Å². The Hall–Kier alpha value is -1.02. The molecule has 0 radical (unpaired) electrons. The van der Waals surface area contributed by atoms with Crippen molar-refractivity contribution in [3.8, 4) is 0 Å². The molecule has 1 rings (SSSR count). The van der Waals surface area contributed by atoms with Crippen molar-refractivity contribution in [3.05, 3.63) is 34.9 Å². The van der Waals surface area contributed by atoms with Gasteiger partial charge in [-0.05, 0) is 6.07 Å². The van der Waals surface area contributed by atoms with Gasteiger partial charge in [-0.1, -0.05) is 29.8 Å². The number of hydrogen-bond acceptors (Lipinski definition) is 2. The van der Waals surface area contributed by atoms with E-state index in [4.69, 9.17) is 11.6 Å². The second kappa shape index (κ2) is 4.12. The maximum absolute atomic E-state index is 5.90. The van der Waals surface area contributed by atoms with E-state index in [2.05, 4.69) is 5.10 Å². The highest BCUT2D eigenvalue weighted by atomic mass is 35.5. The molecule has 2 nitrogen and oxygen atoms in total. The normalized spacial score (nSPS) is 10.6. The largest absolute Gasteiger partial charge is 0.303 e. The van der Waals surface area contributed by atoms with E-state index in [1.807, 2.05) is 38.4 Å². The van der Waals surface area contributed by atoms with Crippen LogP contribution < -0.4 is 0 Å². The first-order valence-corrected chi connectivity index (χ1v) is 4.04. The molecule has 0 heterocycles. The zero-order valence-electron chi connectivity index (χ0n) is 7.16. The fraction of sp³-hybridized carbons (Fsp3) is 0.222. The highest BCUT2D eigenvalue weighted by molar-refractivity contribution is 6.33. The molecular weight excluding hydrogens is 172 g/mol. The summed E-state index contributed by atoms with van der Waals surface area (Å²) in [4.78, 5) is 0. The molecule has 0 aromatic heterocycles. The Morgan fingerprint density at radius 1 is 1.33 bits per heavy atom. The van der Waals surface area contributed by atoms with Crippen molar-refractivity contribution in [2.75, 3.05) is 14.1 Å². The minimum atomic E-state index is 0.725. The second-order valence-electron chi connectivity index (χ2n) is 2.61. The number of halogens is 1. The smallest absolute Gasteiger partial charge is 0.0557 e. The fourth-order valence-electron chi connectivity index (χ4n) is 0.757. The molecule has 0 spiro atoms. The maximum atomic E-state index is 5.90. The first-order chi connectivity index (χ1) is 5.70. The number of hydrogen-bond donors (Lipinski definition) is 0. The van der Waals surface area contributed by atoms with Gasteiger partial charge in [-0.3, -0.25) is 0 Å². The van der Waals surface area contributed by atoms with E-state index >= 15 is 0 Å². The van der Waals surface area contributed by atoms with Crippen LogP contribution >= 0.6 is 11.6 Å². The molecule has 0 amide bonds. The average molecular weight is 183 g/mol. The van der Waals surface area contributed by atoms with Gasteiger partial charge in [0, 0.05) is 24.7 Å². The van der Waals surface area contributed by atoms with Crippen LogP contribution in [0.15, 0.2) is 29.4 Å². The van der Waals surface area contributed by atoms with E-state index in [-0.39, 0.29) is 0 Å². The second-order valence-corrected chi connectivity index (χ2v) is 3.02. The number of rotatable bonds is 2. The summed E-state index contributed by atoms with van der Waals surface area (Å²) >= 11 is 5.90. The monoisotopic (exact) mass is 182 g/mol. The first-order valence-electron chi connectivity index (χ1n) is 3.66. The maximum Gasteiger partial charge on any atom is 0.0557 e. The Morgan fingerprint density at radius 2 is 2.00 bits per heavy atom. The minimum Gasteiger partial charge on any atom is -0.303 e. The molecule has 3 heteroatoms. The third kappa shape index (κ3) is 2.55. The molecule has 0 aliphatic heterocycles. The van der Waals surface area contributed by atoms with Crippen molar-refractivity contribution < 1.29 is 0 Å². The van der Waals surface area contributed by atoms with Gasteiger partial charge in [-0.25, -0.2) is 0 Å². The minimum absolute atomic E-state index is 0.725. The lowest BCUT2D eigenvalue weighted by Crippen LogP contribution is -2.01. The van der Waals surface area contributed by atoms with Gasteiger partial charge in [0.2, 0.25) is 0 Å². The third-order valence-corrected chi connectivity index (χ3v) is 1.68. The van der Waals surface area contributed by atoms with E-state index < -0.39 is 0 Å². The van der Waals surface area contributed by atoms with Gasteiger partial charge in [0.1, 0.15) is 0 Å². The molecule has 0 atom stereocenters. The summed E-state index contributed by atoms with van der Waals surface area (Å²) in [5, 5.41) is 6.53. The summed E-state index contributed by atoms with van der Waals surface area (Å²) in [5.41, 5.74) is 0.938. The van der Waals surface area contributed by atoms with Crippen molar-refractivity contribution in [3.63, 3.8) is 0 Å². The van der Waals surface area contributed by atoms with E-state index in [1.54, 1.807) is 11.2 Å². The number of nitrogens with zero attached hydrogens (tertiary/aromatic N) is 2. The van der Waals surface area contributed by atoms with E-state index in [9.17, 15) is 0 Å². The summed E-state index contributed by atoms with van der Waals surface area (Å²) < 4.78 is 0. The average Bonchev–Trinajstić information content (AvgIpc) is 2.03. The van der Waals surface area contributed by atoms with Gasteiger partial charge in [0.15, 0.2) is 0 Å². The van der Waals surface area contributed by atoms with Gasteiger partial charge >= 0.3 is 0 Å². The molecule has 0 aliphatic carbocycles. The summed E-state index contributed by atoms with van der Waals surface area (Å²) in [6, 6.07) is 7.60. The number of hydrazone groups is 1. The van der Waals surface area contributed by atoms with E-state index in [0.29, 0.717) is 0 Å². The van der Waals surface area contributed by atoms with Crippen LogP contribution in [0.5, 0.6) is 0 Å². The molecule has 0 bridgehead atoms. The van der Waals surface area contributed by atoms with Crippen LogP contribution in [-0.4, -0.2) is 25.3 Å². The van der Waals surface area contributed by atoms with E-state index in [1.165, 1.54) is 0 Å². The highest BCUT2D eigenvalue weighted by Gasteiger charge is 1.93. The number of benzene rings is 1. The first kappa shape index (κ1) is 9.07. The fourth-order valence-corrected chi connectivity index (χ4v) is 0.942. The van der Waals surface area contributed by atoms with Crippen LogP contribution in [0.1, 0.15) is 5.56 Å². The standard InChI is InChI=1S/C9H11ClN2/c1-12(2)11-7-8-5-3-4-6-9(8)10/h3-7H,1-2H3/b11-7+. The quantitative estimate of drug-likeness (QED) is 0.506. The van der Waals surface area contributed by atoms with Crippen LogP contribution in [0.25, 0.3) is 0 Å². The van der Waals surface area contributed by atoms with Crippen molar-refractivity contribution >= 4 is 17.8 Å². The molecule has 12 heavy (non-hydrogen) atoms. The predicted octanol–water partition coefficient (Wildman–Crippen LogP) is 2.24. The molecule has 0 saturated heterocycles. The van der Waals surface area contributed by atoms with Gasteiger partial charge in [-0.15, -0.1) is 0 Å². The molecule has 0 N–H and O–H groups in total. The van der Waals surface area contributed by atoms with Crippen LogP contribution in [0.4, 0.5) is 0 Å². The van der Waals surface area contributed by atoms with Crippen molar-refractivity contribution in [1.29, 1.82) is 0 Å². The Morgan fingerprint density at radius 3 is 2.58 bits per heavy atom. The lowest BCUT2D eigenvalue weighted by molar-refractivity contribution is 0.440. The predicted molar refractivity (Wildman–Crippen MR) is 52.7 cm³/mol. The Bertz CT molecular complexity index is 282. The molecule has 0 saturated carbocycles. The molecule has 0 aliphatic rings. The molecule has 1 aromatic carbocycles. The Labute approximate surface area is 77.5 Å². The van der Waals surface area contributed by atoms with Gasteiger partial charge in [0.05, 0.1) is 6.21 Å². The van der Waals surface area contributed by atoms with Crippen LogP contribution in [0, 0.1) is 0 Å². The van der Waals surface area contributed by atoms with Crippen LogP contribution in [0.2, 0.25) is 5.02 Å². The molecule has 0 fully saturated rings. The lowest BCUT2D eigenvalue weighted by atomic mass is 10.2. The van der Waals surface area contributed by atoms with Gasteiger partial charge in [-0.2, -0.15) is 5.10 Å². The Kier molecular flexibility index (Phi) is 3.11. The van der Waals surface area contributed by atoms with Crippen molar-refractivity contribution in [2.24, 2.45) is 5.10 Å². The zero-order valence-corrected chi connectivity index (χ0v) is 7.92. The van der Waals surface area contributed by atoms with Crippen molar-refractivity contribution in [2.45, 2.75) is 0 Å². The molecular formula is C9H11ClN2. The molecule has 64 valence electrons. The summed E-state index contributed by atoms with van der Waals surface area (Å²) in [6.07, 6.45) is 1.74. The zero-order chi connectivity index (χ0) is 8.97. The van der Waals surface area contributed by atoms with E-state index in [0.717, 1.165) is 10.6 Å². The lowest BCUT2D eigenvalue weighted by Gasteiger charge is -2.02. The SMILES string of the molecule is CN(C)/N=C/c1ccccc1Cl. The Balaban J connectivity index is 2.82. The third-order valence-electron chi connectivity index (χ3n) is 1.33. The summed E-state index contributed by atoms with van der Waals surface area (Å²) in [6.45, 7) is 0. The summed E-state index contributed by atoms with van der Waals surface area (Å²) in [5.74, 6) is 0. The highest BCUT2D eigenvalue weighted by Crippen LogP contribution is 2.12. The molecule has 1 aromatic rings. The van der Waals surface area contributed by atoms with Crippen molar-refractivity contribution in [1.82, 2.24) is 5.01 Å².